The van der Waals surface area contributed by atoms with Crippen molar-refractivity contribution < 1.29 is 4.79 Å². The number of nitrogens with zero attached hydrogens (tertiary/aromatic N) is 3. The monoisotopic (exact) mass is 374 g/mol. The molecule has 1 aliphatic carbocycles. The van der Waals surface area contributed by atoms with Crippen LogP contribution < -0.4 is 5.32 Å². The SMILES string of the molecule is CC(C)[C@@](C)(C#N)NC(=O)[C@H](C)Sc1ncnc2sc3c(c12)CCC3. The quantitative estimate of drug-likeness (QED) is 0.637. The van der Waals surface area contributed by atoms with Gasteiger partial charge in [-0.2, -0.15) is 5.26 Å². The van der Waals surface area contributed by atoms with Crippen molar-refractivity contribution in [2.75, 3.05) is 0 Å². The average molecular weight is 375 g/mol. The molecule has 0 bridgehead atoms. The van der Waals surface area contributed by atoms with Crippen molar-refractivity contribution in [1.82, 2.24) is 15.3 Å². The maximum Gasteiger partial charge on any atom is 0.234 e. The first-order chi connectivity index (χ1) is 11.9. The third-order valence-electron chi connectivity index (χ3n) is 4.89. The van der Waals surface area contributed by atoms with E-state index >= 15 is 0 Å². The highest BCUT2D eigenvalue weighted by molar-refractivity contribution is 8.00. The Bertz CT molecular complexity index is 855. The summed E-state index contributed by atoms with van der Waals surface area (Å²) >= 11 is 3.19. The number of hydrogen-bond donors (Lipinski definition) is 1. The number of nitriles is 1. The van der Waals surface area contributed by atoms with Gasteiger partial charge >= 0.3 is 0 Å². The van der Waals surface area contributed by atoms with Crippen molar-refractivity contribution in [2.45, 2.75) is 62.8 Å². The Morgan fingerprint density at radius 3 is 2.84 bits per heavy atom. The van der Waals surface area contributed by atoms with Crippen LogP contribution in [-0.4, -0.2) is 26.7 Å². The van der Waals surface area contributed by atoms with Crippen LogP contribution in [0.3, 0.4) is 0 Å². The molecule has 25 heavy (non-hydrogen) atoms. The molecule has 0 saturated heterocycles. The second-order valence-electron chi connectivity index (χ2n) is 6.93. The van der Waals surface area contributed by atoms with E-state index in [4.69, 9.17) is 0 Å². The van der Waals surface area contributed by atoms with E-state index in [1.165, 1.54) is 28.6 Å². The van der Waals surface area contributed by atoms with Gasteiger partial charge < -0.3 is 5.32 Å². The van der Waals surface area contributed by atoms with E-state index in [-0.39, 0.29) is 17.1 Å². The number of thiophene rings is 1. The minimum absolute atomic E-state index is 0.0320. The molecule has 2 aromatic heterocycles. The topological polar surface area (TPSA) is 78.7 Å². The number of amides is 1. The van der Waals surface area contributed by atoms with E-state index in [0.29, 0.717) is 0 Å². The zero-order valence-electron chi connectivity index (χ0n) is 14.9. The zero-order chi connectivity index (χ0) is 18.2. The minimum Gasteiger partial charge on any atom is -0.337 e. The highest BCUT2D eigenvalue weighted by atomic mass is 32.2. The molecule has 0 fully saturated rings. The Morgan fingerprint density at radius 2 is 2.16 bits per heavy atom. The van der Waals surface area contributed by atoms with Crippen LogP contribution >= 0.6 is 23.1 Å². The van der Waals surface area contributed by atoms with E-state index in [0.717, 1.165) is 28.1 Å². The number of carbonyl (C=O) groups is 1. The Kier molecular flexibility index (Phi) is 5.03. The van der Waals surface area contributed by atoms with Crippen LogP contribution in [0.25, 0.3) is 10.2 Å². The number of carbonyl (C=O) groups excluding carboxylic acids is 1. The summed E-state index contributed by atoms with van der Waals surface area (Å²) in [6.45, 7) is 7.49. The number of aromatic nitrogens is 2. The predicted molar refractivity (Wildman–Crippen MR) is 102 cm³/mol. The van der Waals surface area contributed by atoms with Crippen LogP contribution in [0.15, 0.2) is 11.4 Å². The molecule has 132 valence electrons. The Labute approximate surface area is 156 Å². The molecule has 2 atom stereocenters. The van der Waals surface area contributed by atoms with Crippen molar-refractivity contribution in [3.63, 3.8) is 0 Å². The lowest BCUT2D eigenvalue weighted by Gasteiger charge is -2.28. The fraction of sp³-hybridized carbons (Fsp3) is 0.556. The molecule has 0 aliphatic heterocycles. The van der Waals surface area contributed by atoms with Crippen molar-refractivity contribution in [3.05, 3.63) is 16.8 Å². The van der Waals surface area contributed by atoms with Gasteiger partial charge in [-0.05, 0) is 44.6 Å². The summed E-state index contributed by atoms with van der Waals surface area (Å²) in [5.74, 6) is -0.106. The molecule has 1 amide bonds. The maximum atomic E-state index is 12.6. The van der Waals surface area contributed by atoms with Crippen molar-refractivity contribution in [1.29, 1.82) is 5.26 Å². The molecule has 1 aliphatic rings. The summed E-state index contributed by atoms with van der Waals surface area (Å²) in [6.07, 6.45) is 4.94. The van der Waals surface area contributed by atoms with E-state index in [2.05, 4.69) is 21.4 Å². The Hall–Kier alpha value is -1.65. The highest BCUT2D eigenvalue weighted by Crippen LogP contribution is 2.40. The van der Waals surface area contributed by atoms with Gasteiger partial charge in [0.15, 0.2) is 0 Å². The number of rotatable bonds is 5. The molecule has 0 saturated carbocycles. The van der Waals surface area contributed by atoms with Crippen LogP contribution in [0.1, 0.15) is 44.6 Å². The van der Waals surface area contributed by atoms with E-state index in [1.807, 2.05) is 20.8 Å². The molecule has 0 radical (unpaired) electrons. The minimum atomic E-state index is -0.865. The second-order valence-corrected chi connectivity index (χ2v) is 9.35. The molecule has 1 N–H and O–H groups in total. The maximum absolute atomic E-state index is 12.6. The fourth-order valence-electron chi connectivity index (χ4n) is 2.87. The summed E-state index contributed by atoms with van der Waals surface area (Å²) in [5.41, 5.74) is 0.496. The molecule has 5 nitrogen and oxygen atoms in total. The van der Waals surface area contributed by atoms with Gasteiger partial charge in [-0.25, -0.2) is 9.97 Å². The van der Waals surface area contributed by atoms with E-state index in [9.17, 15) is 10.1 Å². The molecule has 0 spiro atoms. The molecule has 0 aromatic carbocycles. The molecule has 2 aromatic rings. The van der Waals surface area contributed by atoms with Crippen molar-refractivity contribution >= 4 is 39.2 Å². The van der Waals surface area contributed by atoms with Crippen LogP contribution in [0.2, 0.25) is 0 Å². The van der Waals surface area contributed by atoms with E-state index < -0.39 is 5.54 Å². The number of fused-ring (bicyclic) bond motifs is 3. The number of thioether (sulfide) groups is 1. The molecule has 0 unspecified atom stereocenters. The van der Waals surface area contributed by atoms with Crippen LogP contribution in [-0.2, 0) is 17.6 Å². The number of aryl methyl sites for hydroxylation is 2. The summed E-state index contributed by atoms with van der Waals surface area (Å²) in [7, 11) is 0. The smallest absolute Gasteiger partial charge is 0.234 e. The van der Waals surface area contributed by atoms with Gasteiger partial charge in [-0.15, -0.1) is 11.3 Å². The normalized spacial score (nSPS) is 17.1. The molecule has 2 heterocycles. The van der Waals surface area contributed by atoms with Crippen LogP contribution in [0.5, 0.6) is 0 Å². The fourth-order valence-corrected chi connectivity index (χ4v) is 5.11. The third kappa shape index (κ3) is 3.38. The summed E-state index contributed by atoms with van der Waals surface area (Å²) in [6, 6.07) is 2.22. The lowest BCUT2D eigenvalue weighted by molar-refractivity contribution is -0.121. The lowest BCUT2D eigenvalue weighted by atomic mass is 9.90. The molecule has 7 heteroatoms. The summed E-state index contributed by atoms with van der Waals surface area (Å²) < 4.78 is 0. The number of nitrogens with one attached hydrogen (secondary N) is 1. The van der Waals surface area contributed by atoms with Crippen molar-refractivity contribution in [3.8, 4) is 6.07 Å². The Balaban J connectivity index is 1.82. The van der Waals surface area contributed by atoms with Gasteiger partial charge in [-0.3, -0.25) is 4.79 Å². The summed E-state index contributed by atoms with van der Waals surface area (Å²) in [4.78, 5) is 23.9. The van der Waals surface area contributed by atoms with Gasteiger partial charge in [0.1, 0.15) is 21.7 Å². The van der Waals surface area contributed by atoms with Gasteiger partial charge in [0.2, 0.25) is 5.91 Å². The first kappa shape index (κ1) is 18.2. The first-order valence-corrected chi connectivity index (χ1v) is 10.2. The number of hydrogen-bond acceptors (Lipinski definition) is 6. The lowest BCUT2D eigenvalue weighted by Crippen LogP contribution is -2.51. The largest absolute Gasteiger partial charge is 0.337 e. The predicted octanol–water partition coefficient (Wildman–Crippen LogP) is 3.72. The van der Waals surface area contributed by atoms with Crippen LogP contribution in [0, 0.1) is 17.2 Å². The van der Waals surface area contributed by atoms with Gasteiger partial charge in [0, 0.05) is 10.3 Å². The first-order valence-electron chi connectivity index (χ1n) is 8.51. The average Bonchev–Trinajstić information content (AvgIpc) is 3.15. The van der Waals surface area contributed by atoms with Crippen molar-refractivity contribution in [2.24, 2.45) is 5.92 Å². The summed E-state index contributed by atoms with van der Waals surface area (Å²) in [5, 5.41) is 14.0. The highest BCUT2D eigenvalue weighted by Gasteiger charge is 2.32. The molecule has 3 rings (SSSR count). The van der Waals surface area contributed by atoms with E-state index in [1.54, 1.807) is 24.6 Å². The standard InChI is InChI=1S/C18H22N4OS2/c1-10(2)18(4,8-19)22-15(23)11(3)24-16-14-12-6-5-7-13(12)25-17(14)21-9-20-16/h9-11H,5-7H2,1-4H3,(H,22,23)/t11-,18+/m0/s1. The second kappa shape index (κ2) is 6.93. The van der Waals surface area contributed by atoms with Gasteiger partial charge in [0.05, 0.1) is 11.3 Å². The Morgan fingerprint density at radius 1 is 1.40 bits per heavy atom. The van der Waals surface area contributed by atoms with Crippen LogP contribution in [0.4, 0.5) is 0 Å². The van der Waals surface area contributed by atoms with Gasteiger partial charge in [0.25, 0.3) is 0 Å². The third-order valence-corrected chi connectivity index (χ3v) is 7.19. The molecular formula is C18H22N4OS2. The van der Waals surface area contributed by atoms with Gasteiger partial charge in [-0.1, -0.05) is 25.6 Å². The molecular weight excluding hydrogens is 352 g/mol. The zero-order valence-corrected chi connectivity index (χ0v) is 16.6.